The van der Waals surface area contributed by atoms with E-state index >= 15 is 0 Å². The first-order chi connectivity index (χ1) is 14.9. The third-order valence-electron chi connectivity index (χ3n) is 6.25. The molecule has 1 N–H and O–H groups in total. The van der Waals surface area contributed by atoms with E-state index in [0.29, 0.717) is 35.5 Å². The van der Waals surface area contributed by atoms with E-state index in [1.54, 1.807) is 24.3 Å². The van der Waals surface area contributed by atoms with Gasteiger partial charge in [0.05, 0.1) is 12.5 Å². The molecule has 164 valence electrons. The third kappa shape index (κ3) is 5.19. The van der Waals surface area contributed by atoms with Crippen LogP contribution in [0.2, 0.25) is 0 Å². The maximum atomic E-state index is 12.5. The average Bonchev–Trinajstić information content (AvgIpc) is 2.79. The van der Waals surface area contributed by atoms with Gasteiger partial charge in [-0.3, -0.25) is 9.68 Å². The molecule has 6 heteroatoms. The predicted octanol–water partition coefficient (Wildman–Crippen LogP) is 4.79. The summed E-state index contributed by atoms with van der Waals surface area (Å²) in [5.74, 6) is 0.0950. The molecule has 2 aromatic rings. The summed E-state index contributed by atoms with van der Waals surface area (Å²) in [7, 11) is 0. The van der Waals surface area contributed by atoms with E-state index in [4.69, 9.17) is 14.5 Å². The third-order valence-corrected chi connectivity index (χ3v) is 6.25. The molecule has 6 nitrogen and oxygen atoms in total. The van der Waals surface area contributed by atoms with Gasteiger partial charge in [-0.1, -0.05) is 32.0 Å². The minimum absolute atomic E-state index is 0.0907. The van der Waals surface area contributed by atoms with Crippen LogP contribution in [0.15, 0.2) is 48.5 Å². The van der Waals surface area contributed by atoms with Crippen molar-refractivity contribution in [3.8, 4) is 11.5 Å². The van der Waals surface area contributed by atoms with E-state index in [1.165, 1.54) is 0 Å². The number of ether oxygens (including phenoxy) is 1. The standard InChI is InChI=1S/C25H29NO5/c1-25(2)14-11-18(12-15-25)26-23(27)17-7-9-19(10-8-17)30-31-24(28)21-13-16-29-22-6-4-3-5-20(21)22/h3-10,18,21H,11-16H2,1-2H3,(H,26,27). The van der Waals surface area contributed by atoms with Gasteiger partial charge in [-0.15, -0.1) is 0 Å². The van der Waals surface area contributed by atoms with Gasteiger partial charge >= 0.3 is 5.97 Å². The van der Waals surface area contributed by atoms with Gasteiger partial charge < -0.3 is 10.1 Å². The van der Waals surface area contributed by atoms with E-state index in [1.807, 2.05) is 24.3 Å². The fraction of sp³-hybridized carbons (Fsp3) is 0.440. The Hall–Kier alpha value is -3.02. The number of benzene rings is 2. The summed E-state index contributed by atoms with van der Waals surface area (Å²) < 4.78 is 5.58. The lowest BCUT2D eigenvalue weighted by molar-refractivity contribution is -0.216. The molecule has 1 aliphatic carbocycles. The van der Waals surface area contributed by atoms with Crippen molar-refractivity contribution in [1.29, 1.82) is 0 Å². The minimum Gasteiger partial charge on any atom is -0.493 e. The summed E-state index contributed by atoms with van der Waals surface area (Å²) in [5, 5.41) is 3.12. The van der Waals surface area contributed by atoms with Crippen LogP contribution < -0.4 is 14.9 Å². The molecule has 1 atom stereocenters. The molecule has 0 saturated heterocycles. The quantitative estimate of drug-likeness (QED) is 0.553. The zero-order valence-corrected chi connectivity index (χ0v) is 18.1. The smallest absolute Gasteiger partial charge is 0.363 e. The Morgan fingerprint density at radius 1 is 1.00 bits per heavy atom. The first kappa shape index (κ1) is 21.2. The number of carbonyl (C=O) groups excluding carboxylic acids is 2. The number of amides is 1. The molecule has 0 spiro atoms. The Balaban J connectivity index is 1.29. The van der Waals surface area contributed by atoms with Gasteiger partial charge in [-0.2, -0.15) is 0 Å². The van der Waals surface area contributed by atoms with E-state index in [-0.39, 0.29) is 11.9 Å². The first-order valence-corrected chi connectivity index (χ1v) is 10.9. The molecule has 4 rings (SSSR count). The number of para-hydroxylation sites is 1. The summed E-state index contributed by atoms with van der Waals surface area (Å²) >= 11 is 0. The highest BCUT2D eigenvalue weighted by atomic mass is 17.2. The van der Waals surface area contributed by atoms with E-state index in [9.17, 15) is 9.59 Å². The molecule has 0 aromatic heterocycles. The largest absolute Gasteiger partial charge is 0.493 e. The van der Waals surface area contributed by atoms with Crippen molar-refractivity contribution < 1.29 is 24.1 Å². The van der Waals surface area contributed by atoms with Crippen LogP contribution in [0.5, 0.6) is 11.5 Å². The number of hydrogen-bond donors (Lipinski definition) is 1. The molecule has 0 radical (unpaired) electrons. The summed E-state index contributed by atoms with van der Waals surface area (Å²) in [6.07, 6.45) is 4.79. The van der Waals surface area contributed by atoms with Gasteiger partial charge in [0.1, 0.15) is 5.75 Å². The highest BCUT2D eigenvalue weighted by molar-refractivity contribution is 5.94. The molecule has 1 heterocycles. The van der Waals surface area contributed by atoms with Gasteiger partial charge in [-0.05, 0) is 67.9 Å². The molecule has 1 unspecified atom stereocenters. The Labute approximate surface area is 182 Å². The normalized spacial score (nSPS) is 20.1. The van der Waals surface area contributed by atoms with E-state index in [0.717, 1.165) is 31.2 Å². The lowest BCUT2D eigenvalue weighted by Crippen LogP contribution is -2.39. The monoisotopic (exact) mass is 423 g/mol. The van der Waals surface area contributed by atoms with Crippen LogP contribution in [0.1, 0.15) is 67.8 Å². The minimum atomic E-state index is -0.460. The number of nitrogens with one attached hydrogen (secondary N) is 1. The van der Waals surface area contributed by atoms with E-state index < -0.39 is 11.9 Å². The zero-order chi connectivity index (χ0) is 21.8. The summed E-state index contributed by atoms with van der Waals surface area (Å²) in [6, 6.07) is 14.3. The van der Waals surface area contributed by atoms with Gasteiger partial charge in [-0.25, -0.2) is 9.68 Å². The SMILES string of the molecule is CC1(C)CCC(NC(=O)c2ccc(OOC(=O)C3CCOc4ccccc43)cc2)CC1. The van der Waals surface area contributed by atoms with Crippen molar-refractivity contribution in [1.82, 2.24) is 5.32 Å². The van der Waals surface area contributed by atoms with Crippen molar-refractivity contribution in [2.75, 3.05) is 6.61 Å². The van der Waals surface area contributed by atoms with Crippen LogP contribution in [0.4, 0.5) is 0 Å². The molecule has 2 aliphatic rings. The van der Waals surface area contributed by atoms with Gasteiger partial charge in [0.25, 0.3) is 5.91 Å². The lowest BCUT2D eigenvalue weighted by atomic mass is 9.75. The van der Waals surface area contributed by atoms with Crippen molar-refractivity contribution in [2.45, 2.75) is 57.9 Å². The maximum absolute atomic E-state index is 12.5. The van der Waals surface area contributed by atoms with Crippen LogP contribution in [-0.4, -0.2) is 24.5 Å². The zero-order valence-electron chi connectivity index (χ0n) is 18.1. The van der Waals surface area contributed by atoms with Crippen molar-refractivity contribution >= 4 is 11.9 Å². The molecule has 31 heavy (non-hydrogen) atoms. The molecule has 1 amide bonds. The Bertz CT molecular complexity index is 927. The Kier molecular flexibility index (Phi) is 6.16. The van der Waals surface area contributed by atoms with Crippen molar-refractivity contribution in [3.63, 3.8) is 0 Å². The highest BCUT2D eigenvalue weighted by Crippen LogP contribution is 2.35. The molecule has 0 bridgehead atoms. The highest BCUT2D eigenvalue weighted by Gasteiger charge is 2.30. The van der Waals surface area contributed by atoms with Gasteiger partial charge in [0.15, 0.2) is 5.75 Å². The first-order valence-electron chi connectivity index (χ1n) is 10.9. The van der Waals surface area contributed by atoms with E-state index in [2.05, 4.69) is 19.2 Å². The topological polar surface area (TPSA) is 73.9 Å². The van der Waals surface area contributed by atoms with Gasteiger partial charge in [0.2, 0.25) is 0 Å². The lowest BCUT2D eigenvalue weighted by Gasteiger charge is -2.34. The number of rotatable bonds is 5. The number of hydrogen-bond acceptors (Lipinski definition) is 5. The van der Waals surface area contributed by atoms with Crippen molar-refractivity contribution in [3.05, 3.63) is 59.7 Å². The molecule has 2 aromatic carbocycles. The molecular weight excluding hydrogens is 394 g/mol. The number of carbonyl (C=O) groups is 2. The van der Waals surface area contributed by atoms with Crippen LogP contribution in [-0.2, 0) is 9.68 Å². The second-order valence-electron chi connectivity index (χ2n) is 9.15. The van der Waals surface area contributed by atoms with Crippen LogP contribution in [0.3, 0.4) is 0 Å². The van der Waals surface area contributed by atoms with Crippen LogP contribution in [0, 0.1) is 5.41 Å². The number of fused-ring (bicyclic) bond motifs is 1. The molecule has 1 fully saturated rings. The molecule has 1 aliphatic heterocycles. The molecule has 1 saturated carbocycles. The predicted molar refractivity (Wildman–Crippen MR) is 116 cm³/mol. The maximum Gasteiger partial charge on any atom is 0.363 e. The molecular formula is C25H29NO5. The van der Waals surface area contributed by atoms with Crippen molar-refractivity contribution in [2.24, 2.45) is 5.41 Å². The summed E-state index contributed by atoms with van der Waals surface area (Å²) in [5.41, 5.74) is 1.73. The second kappa shape index (κ2) is 9.00. The fourth-order valence-corrected chi connectivity index (χ4v) is 4.21. The Morgan fingerprint density at radius 2 is 1.71 bits per heavy atom. The Morgan fingerprint density at radius 3 is 2.45 bits per heavy atom. The van der Waals surface area contributed by atoms with Crippen LogP contribution in [0.25, 0.3) is 0 Å². The van der Waals surface area contributed by atoms with Crippen LogP contribution >= 0.6 is 0 Å². The second-order valence-corrected chi connectivity index (χ2v) is 9.15. The fourth-order valence-electron chi connectivity index (χ4n) is 4.21. The summed E-state index contributed by atoms with van der Waals surface area (Å²) in [6.45, 7) is 5.01. The summed E-state index contributed by atoms with van der Waals surface area (Å²) in [4.78, 5) is 35.3. The average molecular weight is 424 g/mol. The van der Waals surface area contributed by atoms with Gasteiger partial charge in [0, 0.05) is 17.2 Å².